The molecule has 0 fully saturated rings. The van der Waals surface area contributed by atoms with E-state index in [1.54, 1.807) is 12.1 Å². The third kappa shape index (κ3) is 5.84. The van der Waals surface area contributed by atoms with E-state index in [0.29, 0.717) is 17.3 Å². The Morgan fingerprint density at radius 1 is 1.07 bits per heavy atom. The maximum absolute atomic E-state index is 12.1. The van der Waals surface area contributed by atoms with Crippen LogP contribution in [0.4, 0.5) is 5.69 Å². The number of hydrogen-bond acceptors (Lipinski definition) is 7. The van der Waals surface area contributed by atoms with Gasteiger partial charge in [-0.1, -0.05) is 35.5 Å². The second-order valence-corrected chi connectivity index (χ2v) is 7.49. The molecule has 2 aromatic carbocycles. The minimum atomic E-state index is -0.350. The van der Waals surface area contributed by atoms with E-state index < -0.39 is 0 Å². The molecule has 1 aromatic heterocycles. The lowest BCUT2D eigenvalue weighted by Gasteiger charge is -2.11. The third-order valence-electron chi connectivity index (χ3n) is 4.07. The first-order chi connectivity index (χ1) is 14.4. The van der Waals surface area contributed by atoms with Gasteiger partial charge in [-0.25, -0.2) is 0 Å². The summed E-state index contributed by atoms with van der Waals surface area (Å²) in [6.45, 7) is 3.73. The predicted octanol–water partition coefficient (Wildman–Crippen LogP) is 3.21. The van der Waals surface area contributed by atoms with Gasteiger partial charge in [-0.3, -0.25) is 9.59 Å². The lowest BCUT2D eigenvalue weighted by atomic mass is 10.1. The second-order valence-electron chi connectivity index (χ2n) is 6.56. The first kappa shape index (κ1) is 21.4. The molecule has 0 saturated carbocycles. The maximum Gasteiger partial charge on any atom is 0.277 e. The molecule has 0 spiro atoms. The average Bonchev–Trinajstić information content (AvgIpc) is 3.20. The Morgan fingerprint density at radius 2 is 1.87 bits per heavy atom. The fraction of sp³-hybridized carbons (Fsp3) is 0.238. The van der Waals surface area contributed by atoms with Gasteiger partial charge in [0.25, 0.3) is 5.22 Å². The Balaban J connectivity index is 1.46. The molecule has 0 bridgehead atoms. The molecule has 1 heterocycles. The monoisotopic (exact) mass is 426 g/mol. The maximum atomic E-state index is 12.1. The molecule has 3 rings (SSSR count). The zero-order valence-corrected chi connectivity index (χ0v) is 17.7. The number of hydrogen-bond donors (Lipinski definition) is 2. The van der Waals surface area contributed by atoms with Crippen LogP contribution in [0.1, 0.15) is 11.1 Å². The zero-order valence-electron chi connectivity index (χ0n) is 16.9. The van der Waals surface area contributed by atoms with Crippen molar-refractivity contribution < 1.29 is 18.7 Å². The van der Waals surface area contributed by atoms with E-state index in [4.69, 9.17) is 9.15 Å². The summed E-state index contributed by atoms with van der Waals surface area (Å²) >= 11 is 1.11. The number of anilines is 1. The molecule has 9 heteroatoms. The van der Waals surface area contributed by atoms with Gasteiger partial charge in [-0.05, 0) is 43.7 Å². The highest BCUT2D eigenvalue weighted by Gasteiger charge is 2.13. The summed E-state index contributed by atoms with van der Waals surface area (Å²) in [6, 6.07) is 13.2. The van der Waals surface area contributed by atoms with Crippen molar-refractivity contribution in [1.82, 2.24) is 15.5 Å². The third-order valence-corrected chi connectivity index (χ3v) is 4.89. The molecular weight excluding hydrogens is 404 g/mol. The van der Waals surface area contributed by atoms with Crippen molar-refractivity contribution in [2.45, 2.75) is 19.1 Å². The summed E-state index contributed by atoms with van der Waals surface area (Å²) in [7, 11) is 1.53. The number of carbonyl (C=O) groups excluding carboxylic acids is 2. The van der Waals surface area contributed by atoms with E-state index >= 15 is 0 Å². The van der Waals surface area contributed by atoms with Gasteiger partial charge in [0.2, 0.25) is 17.7 Å². The van der Waals surface area contributed by atoms with Crippen molar-refractivity contribution >= 4 is 29.3 Å². The van der Waals surface area contributed by atoms with E-state index in [-0.39, 0.29) is 29.3 Å². The number of nitrogens with one attached hydrogen (secondary N) is 2. The number of methoxy groups -OCH3 is 1. The number of carbonyl (C=O) groups is 2. The molecule has 8 nitrogen and oxygen atoms in total. The summed E-state index contributed by atoms with van der Waals surface area (Å²) in [4.78, 5) is 24.2. The molecule has 0 aliphatic heterocycles. The van der Waals surface area contributed by atoms with Crippen LogP contribution in [-0.2, 0) is 9.59 Å². The molecule has 30 heavy (non-hydrogen) atoms. The highest BCUT2D eigenvalue weighted by atomic mass is 32.2. The van der Waals surface area contributed by atoms with Crippen LogP contribution in [0.3, 0.4) is 0 Å². The van der Waals surface area contributed by atoms with Crippen molar-refractivity contribution in [3.63, 3.8) is 0 Å². The van der Waals surface area contributed by atoms with Crippen LogP contribution in [0.5, 0.6) is 5.75 Å². The average molecular weight is 426 g/mol. The fourth-order valence-corrected chi connectivity index (χ4v) is 3.23. The van der Waals surface area contributed by atoms with Crippen molar-refractivity contribution in [1.29, 1.82) is 0 Å². The Labute approximate surface area is 178 Å². The van der Waals surface area contributed by atoms with E-state index in [9.17, 15) is 9.59 Å². The largest absolute Gasteiger partial charge is 0.495 e. The standard InChI is InChI=1S/C21H22N4O4S/c1-13-5-4-6-15(9-13)20-24-25-21(29-20)30-12-19(27)22-11-18(26)23-16-10-14(2)7-8-17(16)28-3/h4-10H,11-12H2,1-3H3,(H,22,27)(H,23,26). The van der Waals surface area contributed by atoms with Gasteiger partial charge in [0.15, 0.2) is 0 Å². The molecule has 156 valence electrons. The van der Waals surface area contributed by atoms with Gasteiger partial charge in [-0.2, -0.15) is 0 Å². The van der Waals surface area contributed by atoms with E-state index in [1.807, 2.05) is 44.2 Å². The van der Waals surface area contributed by atoms with Crippen molar-refractivity contribution in [2.75, 3.05) is 24.7 Å². The van der Waals surface area contributed by atoms with Crippen LogP contribution >= 0.6 is 11.8 Å². The second kappa shape index (κ2) is 9.93. The quantitative estimate of drug-likeness (QED) is 0.533. The van der Waals surface area contributed by atoms with Crippen LogP contribution in [0.2, 0.25) is 0 Å². The first-order valence-electron chi connectivity index (χ1n) is 9.19. The first-order valence-corrected chi connectivity index (χ1v) is 10.2. The molecule has 0 unspecified atom stereocenters. The van der Waals surface area contributed by atoms with Crippen molar-refractivity contribution in [3.05, 3.63) is 53.6 Å². The smallest absolute Gasteiger partial charge is 0.277 e. The summed E-state index contributed by atoms with van der Waals surface area (Å²) in [5.74, 6) is 0.333. The Kier molecular flexibility index (Phi) is 7.08. The number of amides is 2. The van der Waals surface area contributed by atoms with Crippen molar-refractivity contribution in [3.8, 4) is 17.2 Å². The molecule has 0 saturated heterocycles. The summed E-state index contributed by atoms with van der Waals surface area (Å²) < 4.78 is 10.8. The minimum Gasteiger partial charge on any atom is -0.495 e. The number of aryl methyl sites for hydroxylation is 2. The normalized spacial score (nSPS) is 10.5. The van der Waals surface area contributed by atoms with Gasteiger partial charge in [0.05, 0.1) is 25.1 Å². The topological polar surface area (TPSA) is 106 Å². The lowest BCUT2D eigenvalue weighted by molar-refractivity contribution is -0.122. The molecule has 3 aromatic rings. The van der Waals surface area contributed by atoms with Crippen LogP contribution in [-0.4, -0.2) is 41.4 Å². The Morgan fingerprint density at radius 3 is 2.63 bits per heavy atom. The van der Waals surface area contributed by atoms with Crippen molar-refractivity contribution in [2.24, 2.45) is 0 Å². The molecule has 0 atom stereocenters. The van der Waals surface area contributed by atoms with Gasteiger partial charge in [-0.15, -0.1) is 10.2 Å². The fourth-order valence-electron chi connectivity index (χ4n) is 2.63. The zero-order chi connectivity index (χ0) is 21.5. The summed E-state index contributed by atoms with van der Waals surface area (Å²) in [5, 5.41) is 13.5. The van der Waals surface area contributed by atoms with E-state index in [2.05, 4.69) is 20.8 Å². The Hall–Kier alpha value is -3.33. The van der Waals surface area contributed by atoms with Crippen LogP contribution in [0.15, 0.2) is 52.1 Å². The molecule has 0 radical (unpaired) electrons. The number of rotatable bonds is 8. The lowest BCUT2D eigenvalue weighted by Crippen LogP contribution is -2.34. The molecule has 0 aliphatic carbocycles. The van der Waals surface area contributed by atoms with E-state index in [1.165, 1.54) is 7.11 Å². The van der Waals surface area contributed by atoms with E-state index in [0.717, 1.165) is 28.5 Å². The van der Waals surface area contributed by atoms with Gasteiger partial charge in [0, 0.05) is 5.56 Å². The SMILES string of the molecule is COc1ccc(C)cc1NC(=O)CNC(=O)CSc1nnc(-c2cccc(C)c2)o1. The number of thioether (sulfide) groups is 1. The molecule has 2 N–H and O–H groups in total. The molecular formula is C21H22N4O4S. The number of nitrogens with zero attached hydrogens (tertiary/aromatic N) is 2. The number of benzene rings is 2. The van der Waals surface area contributed by atoms with Gasteiger partial charge >= 0.3 is 0 Å². The highest BCUT2D eigenvalue weighted by Crippen LogP contribution is 2.25. The Bertz CT molecular complexity index is 1050. The molecule has 2 amide bonds. The number of aromatic nitrogens is 2. The number of ether oxygens (including phenoxy) is 1. The molecule has 0 aliphatic rings. The predicted molar refractivity (Wildman–Crippen MR) is 115 cm³/mol. The summed E-state index contributed by atoms with van der Waals surface area (Å²) in [6.07, 6.45) is 0. The minimum absolute atomic E-state index is 0.0521. The van der Waals surface area contributed by atoms with Crippen LogP contribution in [0.25, 0.3) is 11.5 Å². The van der Waals surface area contributed by atoms with Crippen LogP contribution < -0.4 is 15.4 Å². The summed E-state index contributed by atoms with van der Waals surface area (Å²) in [5.41, 5.74) is 3.44. The van der Waals surface area contributed by atoms with Gasteiger partial charge in [0.1, 0.15) is 5.75 Å². The van der Waals surface area contributed by atoms with Gasteiger partial charge < -0.3 is 19.8 Å². The highest BCUT2D eigenvalue weighted by molar-refractivity contribution is 7.99. The van der Waals surface area contributed by atoms with Crippen LogP contribution in [0, 0.1) is 13.8 Å².